The highest BCUT2D eigenvalue weighted by atomic mass is 16.5. The topological polar surface area (TPSA) is 91.0 Å². The first-order valence-electron chi connectivity index (χ1n) is 11.4. The van der Waals surface area contributed by atoms with Crippen LogP contribution in [0.4, 0.5) is 11.6 Å². The molecule has 6 heterocycles. The number of hydrogen-bond acceptors (Lipinski definition) is 7. The van der Waals surface area contributed by atoms with Gasteiger partial charge in [-0.3, -0.25) is 0 Å². The number of rotatable bonds is 5. The number of nitrogens with zero attached hydrogens (tertiary/aromatic N) is 4. The molecular weight excluding hydrogens is 390 g/mol. The van der Waals surface area contributed by atoms with Crippen LogP contribution in [0.3, 0.4) is 0 Å². The van der Waals surface area contributed by atoms with Crippen molar-refractivity contribution in [1.82, 2.24) is 25.3 Å². The van der Waals surface area contributed by atoms with Gasteiger partial charge in [-0.25, -0.2) is 15.0 Å². The predicted octanol–water partition coefficient (Wildman–Crippen LogP) is 2.80. The zero-order valence-electron chi connectivity index (χ0n) is 17.7. The van der Waals surface area contributed by atoms with Gasteiger partial charge in [-0.05, 0) is 49.3 Å². The summed E-state index contributed by atoms with van der Waals surface area (Å²) in [4.78, 5) is 19.7. The van der Waals surface area contributed by atoms with Crippen LogP contribution >= 0.6 is 0 Å². The summed E-state index contributed by atoms with van der Waals surface area (Å²) in [5.41, 5.74) is 3.20. The van der Waals surface area contributed by atoms with E-state index in [4.69, 9.17) is 9.72 Å². The zero-order valence-corrected chi connectivity index (χ0v) is 17.7. The van der Waals surface area contributed by atoms with E-state index < -0.39 is 0 Å². The summed E-state index contributed by atoms with van der Waals surface area (Å²) in [5, 5.41) is 8.33. The first-order chi connectivity index (χ1) is 15.3. The Kier molecular flexibility index (Phi) is 4.96. The summed E-state index contributed by atoms with van der Waals surface area (Å²) < 4.78 is 5.55. The molecule has 0 amide bonds. The SMILES string of the molecule is c1cc(CNc2ncnc3[nH]cc(C4CCOCC4)c23)nc(N2CC3CCC(C2)N3)c1. The van der Waals surface area contributed by atoms with Gasteiger partial charge in [0.25, 0.3) is 0 Å². The summed E-state index contributed by atoms with van der Waals surface area (Å²) in [6.07, 6.45) is 8.35. The normalized spacial score (nSPS) is 24.1. The Balaban J connectivity index is 1.21. The van der Waals surface area contributed by atoms with Gasteiger partial charge in [-0.15, -0.1) is 0 Å². The van der Waals surface area contributed by atoms with Crippen LogP contribution in [0.2, 0.25) is 0 Å². The Morgan fingerprint density at radius 2 is 1.90 bits per heavy atom. The van der Waals surface area contributed by atoms with E-state index in [9.17, 15) is 0 Å². The Bertz CT molecular complexity index is 1050. The van der Waals surface area contributed by atoms with Gasteiger partial charge >= 0.3 is 0 Å². The largest absolute Gasteiger partial charge is 0.381 e. The molecule has 0 aromatic carbocycles. The van der Waals surface area contributed by atoms with Crippen LogP contribution in [0, 0.1) is 0 Å². The Morgan fingerprint density at radius 3 is 2.74 bits per heavy atom. The molecule has 3 aromatic rings. The molecule has 2 bridgehead atoms. The molecule has 0 spiro atoms. The molecule has 0 saturated carbocycles. The van der Waals surface area contributed by atoms with E-state index in [1.54, 1.807) is 6.33 Å². The average molecular weight is 420 g/mol. The fourth-order valence-electron chi connectivity index (χ4n) is 5.35. The molecule has 2 unspecified atom stereocenters. The fourth-order valence-corrected chi connectivity index (χ4v) is 5.35. The number of fused-ring (bicyclic) bond motifs is 3. The highest BCUT2D eigenvalue weighted by Crippen LogP contribution is 2.34. The summed E-state index contributed by atoms with van der Waals surface area (Å²) in [6, 6.07) is 7.54. The van der Waals surface area contributed by atoms with Crippen molar-refractivity contribution < 1.29 is 4.74 Å². The molecule has 3 N–H and O–H groups in total. The lowest BCUT2D eigenvalue weighted by Crippen LogP contribution is -2.51. The first-order valence-corrected chi connectivity index (χ1v) is 11.4. The van der Waals surface area contributed by atoms with Gasteiger partial charge in [0.15, 0.2) is 0 Å². The van der Waals surface area contributed by atoms with Crippen LogP contribution in [0.15, 0.2) is 30.7 Å². The molecule has 3 aromatic heterocycles. The van der Waals surface area contributed by atoms with Gasteiger partial charge in [0.1, 0.15) is 23.6 Å². The van der Waals surface area contributed by atoms with E-state index in [1.807, 2.05) is 0 Å². The Labute approximate surface area is 181 Å². The second-order valence-corrected chi connectivity index (χ2v) is 8.96. The summed E-state index contributed by atoms with van der Waals surface area (Å²) >= 11 is 0. The van der Waals surface area contributed by atoms with Crippen molar-refractivity contribution in [2.75, 3.05) is 36.5 Å². The van der Waals surface area contributed by atoms with Crippen LogP contribution < -0.4 is 15.5 Å². The minimum atomic E-state index is 0.485. The number of aromatic amines is 1. The highest BCUT2D eigenvalue weighted by Gasteiger charge is 2.32. The molecule has 6 rings (SSSR count). The van der Waals surface area contributed by atoms with Crippen LogP contribution in [0.5, 0.6) is 0 Å². The second-order valence-electron chi connectivity index (χ2n) is 8.96. The van der Waals surface area contributed by atoms with Crippen molar-refractivity contribution in [3.8, 4) is 0 Å². The molecule has 3 saturated heterocycles. The number of ether oxygens (including phenoxy) is 1. The predicted molar refractivity (Wildman–Crippen MR) is 120 cm³/mol. The van der Waals surface area contributed by atoms with E-state index in [-0.39, 0.29) is 0 Å². The van der Waals surface area contributed by atoms with Gasteiger partial charge in [0, 0.05) is 44.6 Å². The highest BCUT2D eigenvalue weighted by molar-refractivity contribution is 5.90. The van der Waals surface area contributed by atoms with Crippen molar-refractivity contribution in [2.24, 2.45) is 0 Å². The lowest BCUT2D eigenvalue weighted by molar-refractivity contribution is 0.0856. The number of anilines is 2. The number of hydrogen-bond donors (Lipinski definition) is 3. The minimum Gasteiger partial charge on any atom is -0.381 e. The maximum atomic E-state index is 5.55. The molecule has 0 aliphatic carbocycles. The van der Waals surface area contributed by atoms with Gasteiger partial charge in [0.05, 0.1) is 17.6 Å². The average Bonchev–Trinajstić information content (AvgIpc) is 3.41. The summed E-state index contributed by atoms with van der Waals surface area (Å²) in [6.45, 7) is 4.36. The van der Waals surface area contributed by atoms with E-state index in [2.05, 4.69) is 54.9 Å². The van der Waals surface area contributed by atoms with Crippen LogP contribution in [-0.2, 0) is 11.3 Å². The lowest BCUT2D eigenvalue weighted by atomic mass is 9.92. The minimum absolute atomic E-state index is 0.485. The van der Waals surface area contributed by atoms with Gasteiger partial charge in [-0.1, -0.05) is 6.07 Å². The van der Waals surface area contributed by atoms with E-state index in [0.717, 1.165) is 67.5 Å². The molecule has 0 radical (unpaired) electrons. The Hall–Kier alpha value is -2.71. The van der Waals surface area contributed by atoms with Crippen LogP contribution in [-0.4, -0.2) is 58.3 Å². The molecule has 8 heteroatoms. The third-order valence-electron chi connectivity index (χ3n) is 6.93. The molecular formula is C23H29N7O. The molecule has 3 fully saturated rings. The number of piperazine rings is 1. The van der Waals surface area contributed by atoms with Crippen molar-refractivity contribution in [1.29, 1.82) is 0 Å². The maximum absolute atomic E-state index is 5.55. The third kappa shape index (κ3) is 3.74. The van der Waals surface area contributed by atoms with E-state index in [1.165, 1.54) is 18.4 Å². The third-order valence-corrected chi connectivity index (χ3v) is 6.93. The summed E-state index contributed by atoms with van der Waals surface area (Å²) in [7, 11) is 0. The van der Waals surface area contributed by atoms with Crippen LogP contribution in [0.25, 0.3) is 11.0 Å². The smallest absolute Gasteiger partial charge is 0.143 e. The number of aromatic nitrogens is 4. The molecule has 162 valence electrons. The molecule has 8 nitrogen and oxygen atoms in total. The van der Waals surface area contributed by atoms with Crippen LogP contribution in [0.1, 0.15) is 42.9 Å². The number of pyridine rings is 1. The maximum Gasteiger partial charge on any atom is 0.143 e. The molecule has 31 heavy (non-hydrogen) atoms. The fraction of sp³-hybridized carbons (Fsp3) is 0.522. The Morgan fingerprint density at radius 1 is 1.06 bits per heavy atom. The van der Waals surface area contributed by atoms with Crippen molar-refractivity contribution in [2.45, 2.75) is 50.2 Å². The zero-order chi connectivity index (χ0) is 20.6. The molecule has 2 atom stereocenters. The van der Waals surface area contributed by atoms with E-state index in [0.29, 0.717) is 24.5 Å². The standard InChI is InChI=1S/C23H29N7O/c1-2-16(29-20(3-1)30-12-17-4-5-18(13-30)28-17)10-24-22-21-19(15-6-8-31-9-7-15)11-25-23(21)27-14-26-22/h1-3,11,14-15,17-18,28H,4-10,12-13H2,(H2,24,25,26,27). The monoisotopic (exact) mass is 419 g/mol. The second kappa shape index (κ2) is 8.09. The summed E-state index contributed by atoms with van der Waals surface area (Å²) in [5.74, 6) is 2.44. The number of nitrogens with one attached hydrogen (secondary N) is 3. The van der Waals surface area contributed by atoms with Gasteiger partial charge in [0.2, 0.25) is 0 Å². The quantitative estimate of drug-likeness (QED) is 0.586. The lowest BCUT2D eigenvalue weighted by Gasteiger charge is -2.33. The van der Waals surface area contributed by atoms with Crippen molar-refractivity contribution >= 4 is 22.7 Å². The van der Waals surface area contributed by atoms with Crippen molar-refractivity contribution in [3.05, 3.63) is 42.0 Å². The van der Waals surface area contributed by atoms with E-state index >= 15 is 0 Å². The van der Waals surface area contributed by atoms with Gasteiger partial charge < -0.3 is 25.3 Å². The molecule has 3 aliphatic heterocycles. The van der Waals surface area contributed by atoms with Crippen molar-refractivity contribution in [3.63, 3.8) is 0 Å². The number of H-pyrrole nitrogens is 1. The van der Waals surface area contributed by atoms with Gasteiger partial charge in [-0.2, -0.15) is 0 Å². The molecule has 3 aliphatic rings. The first kappa shape index (κ1) is 19.0.